The number of hydrogen-bond acceptors (Lipinski definition) is 3. The van der Waals surface area contributed by atoms with Gasteiger partial charge in [-0.2, -0.15) is 5.10 Å². The van der Waals surface area contributed by atoms with Crippen molar-refractivity contribution < 1.29 is 4.79 Å². The third-order valence-corrected chi connectivity index (χ3v) is 5.66. The lowest BCUT2D eigenvalue weighted by Gasteiger charge is -2.20. The van der Waals surface area contributed by atoms with Crippen LogP contribution >= 0.6 is 0 Å². The molecule has 1 N–H and O–H groups in total. The number of rotatable bonds is 6. The Bertz CT molecular complexity index is 964. The zero-order chi connectivity index (χ0) is 20.2. The molecule has 29 heavy (non-hydrogen) atoms. The average Bonchev–Trinajstić information content (AvgIpc) is 3.42. The highest BCUT2D eigenvalue weighted by atomic mass is 16.1. The fraction of sp³-hybridized carbons (Fsp3) is 0.333. The maximum atomic E-state index is 12.7. The first kappa shape index (κ1) is 19.4. The number of likely N-dealkylation sites (tertiary alicyclic amines) is 1. The molecule has 1 atom stereocenters. The van der Waals surface area contributed by atoms with Gasteiger partial charge in [-0.15, -0.1) is 0 Å². The Morgan fingerprint density at radius 2 is 1.97 bits per heavy atom. The molecule has 2 heterocycles. The van der Waals surface area contributed by atoms with Gasteiger partial charge in [-0.1, -0.05) is 36.4 Å². The van der Waals surface area contributed by atoms with Crippen LogP contribution in [0.25, 0.3) is 16.9 Å². The normalized spacial score (nSPS) is 17.0. The number of hydrogen-bond donors (Lipinski definition) is 1. The molecule has 0 saturated carbocycles. The molecule has 1 saturated heterocycles. The number of nitrogens with zero attached hydrogens (tertiary/aromatic N) is 3. The number of carbonyl (C=O) groups is 1. The molecule has 3 aromatic rings. The zero-order valence-electron chi connectivity index (χ0n) is 17.1. The summed E-state index contributed by atoms with van der Waals surface area (Å²) in [5.74, 6) is 0.503. The summed E-state index contributed by atoms with van der Waals surface area (Å²) in [6.45, 7) is 7.36. The van der Waals surface area contributed by atoms with Crippen molar-refractivity contribution in [1.82, 2.24) is 20.0 Å². The quantitative estimate of drug-likeness (QED) is 0.694. The molecule has 0 radical (unpaired) electrons. The highest BCUT2D eigenvalue weighted by molar-refractivity contribution is 5.94. The van der Waals surface area contributed by atoms with E-state index in [0.29, 0.717) is 17.5 Å². The third kappa shape index (κ3) is 4.40. The van der Waals surface area contributed by atoms with E-state index in [1.165, 1.54) is 0 Å². The SMILES string of the molecule is CC(C)N1CCC(CNC(=O)c2cccc(-n3nccc3-c3ccccc3)c2)C1. The van der Waals surface area contributed by atoms with Crippen molar-refractivity contribution in [2.24, 2.45) is 5.92 Å². The maximum Gasteiger partial charge on any atom is 0.251 e. The Kier molecular flexibility index (Phi) is 5.76. The summed E-state index contributed by atoms with van der Waals surface area (Å²) in [4.78, 5) is 15.2. The molecule has 4 rings (SSSR count). The van der Waals surface area contributed by atoms with E-state index in [9.17, 15) is 4.79 Å². The second-order valence-corrected chi connectivity index (χ2v) is 8.00. The van der Waals surface area contributed by atoms with E-state index < -0.39 is 0 Å². The van der Waals surface area contributed by atoms with Gasteiger partial charge in [0.25, 0.3) is 5.91 Å². The summed E-state index contributed by atoms with van der Waals surface area (Å²) in [6, 6.07) is 20.4. The van der Waals surface area contributed by atoms with Gasteiger partial charge in [-0.25, -0.2) is 4.68 Å². The highest BCUT2D eigenvalue weighted by Gasteiger charge is 2.24. The Morgan fingerprint density at radius 1 is 1.14 bits per heavy atom. The van der Waals surface area contributed by atoms with Crippen molar-refractivity contribution in [2.45, 2.75) is 26.3 Å². The molecule has 1 amide bonds. The number of aromatic nitrogens is 2. The Balaban J connectivity index is 1.46. The fourth-order valence-electron chi connectivity index (χ4n) is 3.95. The molecule has 0 aliphatic carbocycles. The van der Waals surface area contributed by atoms with Crippen LogP contribution in [0.3, 0.4) is 0 Å². The van der Waals surface area contributed by atoms with Gasteiger partial charge in [0.2, 0.25) is 0 Å². The number of benzene rings is 2. The van der Waals surface area contributed by atoms with Gasteiger partial charge in [0.1, 0.15) is 0 Å². The molecule has 0 bridgehead atoms. The molecule has 150 valence electrons. The molecular formula is C24H28N4O. The lowest BCUT2D eigenvalue weighted by molar-refractivity contribution is 0.0947. The number of amides is 1. The first-order valence-electron chi connectivity index (χ1n) is 10.3. The van der Waals surface area contributed by atoms with E-state index in [1.807, 2.05) is 53.2 Å². The maximum absolute atomic E-state index is 12.7. The van der Waals surface area contributed by atoms with E-state index in [1.54, 1.807) is 6.20 Å². The van der Waals surface area contributed by atoms with Gasteiger partial charge in [0, 0.05) is 30.3 Å². The Morgan fingerprint density at radius 3 is 2.72 bits per heavy atom. The van der Waals surface area contributed by atoms with Crippen LogP contribution in [0.15, 0.2) is 66.9 Å². The van der Waals surface area contributed by atoms with Crippen LogP contribution in [0, 0.1) is 5.92 Å². The average molecular weight is 389 g/mol. The first-order chi connectivity index (χ1) is 14.1. The fourth-order valence-corrected chi connectivity index (χ4v) is 3.95. The van der Waals surface area contributed by atoms with Crippen molar-refractivity contribution in [1.29, 1.82) is 0 Å². The van der Waals surface area contributed by atoms with Crippen molar-refractivity contribution in [3.8, 4) is 16.9 Å². The molecule has 5 heteroatoms. The summed E-state index contributed by atoms with van der Waals surface area (Å²) >= 11 is 0. The first-order valence-corrected chi connectivity index (χ1v) is 10.3. The number of nitrogens with one attached hydrogen (secondary N) is 1. The summed E-state index contributed by atoms with van der Waals surface area (Å²) in [6.07, 6.45) is 2.93. The van der Waals surface area contributed by atoms with Crippen molar-refractivity contribution in [3.63, 3.8) is 0 Å². The Hall–Kier alpha value is -2.92. The lowest BCUT2D eigenvalue weighted by atomic mass is 10.1. The number of carbonyl (C=O) groups excluding carboxylic acids is 1. The lowest BCUT2D eigenvalue weighted by Crippen LogP contribution is -2.33. The van der Waals surface area contributed by atoms with Crippen LogP contribution < -0.4 is 5.32 Å². The van der Waals surface area contributed by atoms with E-state index in [-0.39, 0.29) is 5.91 Å². The summed E-state index contributed by atoms with van der Waals surface area (Å²) in [5.41, 5.74) is 3.64. The topological polar surface area (TPSA) is 50.2 Å². The standard InChI is InChI=1S/C24H28N4O/c1-18(2)27-14-12-19(17-27)16-25-24(29)21-9-6-10-22(15-21)28-23(11-13-26-28)20-7-4-3-5-8-20/h3-11,13,15,18-19H,12,14,16-17H2,1-2H3,(H,25,29). The van der Waals surface area contributed by atoms with Gasteiger partial charge >= 0.3 is 0 Å². The van der Waals surface area contributed by atoms with Gasteiger partial charge < -0.3 is 10.2 Å². The van der Waals surface area contributed by atoms with Crippen LogP contribution in [-0.4, -0.2) is 46.3 Å². The highest BCUT2D eigenvalue weighted by Crippen LogP contribution is 2.23. The van der Waals surface area contributed by atoms with Crippen molar-refractivity contribution in [3.05, 3.63) is 72.4 Å². The smallest absolute Gasteiger partial charge is 0.251 e. The van der Waals surface area contributed by atoms with Crippen LogP contribution in [0.1, 0.15) is 30.6 Å². The molecule has 2 aromatic carbocycles. The second-order valence-electron chi connectivity index (χ2n) is 8.00. The molecule has 1 aliphatic heterocycles. The van der Waals surface area contributed by atoms with Crippen molar-refractivity contribution in [2.75, 3.05) is 19.6 Å². The molecule has 0 spiro atoms. The molecule has 1 fully saturated rings. The van der Waals surface area contributed by atoms with Crippen LogP contribution in [0.2, 0.25) is 0 Å². The predicted octanol–water partition coefficient (Wildman–Crippen LogP) is 4.00. The summed E-state index contributed by atoms with van der Waals surface area (Å²) < 4.78 is 1.88. The Labute approximate surface area is 172 Å². The van der Waals surface area contributed by atoms with E-state index >= 15 is 0 Å². The molecular weight excluding hydrogens is 360 g/mol. The van der Waals surface area contributed by atoms with Gasteiger partial charge in [-0.05, 0) is 57.0 Å². The van der Waals surface area contributed by atoms with Gasteiger partial charge in [0.15, 0.2) is 0 Å². The zero-order valence-corrected chi connectivity index (χ0v) is 17.1. The predicted molar refractivity (Wildman–Crippen MR) is 116 cm³/mol. The molecule has 1 aromatic heterocycles. The van der Waals surface area contributed by atoms with E-state index in [2.05, 4.69) is 41.3 Å². The van der Waals surface area contributed by atoms with E-state index in [4.69, 9.17) is 0 Å². The second kappa shape index (κ2) is 8.62. The summed E-state index contributed by atoms with van der Waals surface area (Å²) in [5, 5.41) is 7.60. The minimum atomic E-state index is -0.0248. The van der Waals surface area contributed by atoms with E-state index in [0.717, 1.165) is 43.0 Å². The van der Waals surface area contributed by atoms with Crippen LogP contribution in [-0.2, 0) is 0 Å². The minimum absolute atomic E-state index is 0.0248. The molecule has 1 aliphatic rings. The van der Waals surface area contributed by atoms with Gasteiger partial charge in [0.05, 0.1) is 17.6 Å². The van der Waals surface area contributed by atoms with Gasteiger partial charge in [-0.3, -0.25) is 4.79 Å². The molecule has 5 nitrogen and oxygen atoms in total. The third-order valence-electron chi connectivity index (χ3n) is 5.66. The summed E-state index contributed by atoms with van der Waals surface area (Å²) in [7, 11) is 0. The minimum Gasteiger partial charge on any atom is -0.352 e. The monoisotopic (exact) mass is 388 g/mol. The largest absolute Gasteiger partial charge is 0.352 e. The van der Waals surface area contributed by atoms with Crippen molar-refractivity contribution >= 4 is 5.91 Å². The van der Waals surface area contributed by atoms with Crippen LogP contribution in [0.4, 0.5) is 0 Å². The van der Waals surface area contributed by atoms with Crippen LogP contribution in [0.5, 0.6) is 0 Å². The molecule has 1 unspecified atom stereocenters.